The van der Waals surface area contributed by atoms with E-state index in [9.17, 15) is 0 Å². The summed E-state index contributed by atoms with van der Waals surface area (Å²) in [5.41, 5.74) is 1.64. The number of benzene rings is 2. The monoisotopic (exact) mass is 392 g/mol. The molecule has 148 valence electrons. The average molecular weight is 392 g/mol. The Morgan fingerprint density at radius 1 is 0.862 bits per heavy atom. The second-order valence-electron chi connectivity index (χ2n) is 6.07. The number of anilines is 4. The summed E-state index contributed by atoms with van der Waals surface area (Å²) in [6.45, 7) is 0. The first-order valence-corrected chi connectivity index (χ1v) is 8.81. The highest BCUT2D eigenvalue weighted by Crippen LogP contribution is 2.31. The van der Waals surface area contributed by atoms with Crippen molar-refractivity contribution in [3.8, 4) is 17.2 Å². The lowest BCUT2D eigenvalue weighted by molar-refractivity contribution is 0.355. The standard InChI is InChI=1S/C20H20N6O3/c1-27-13-5-6-14-15(11-13)25-26-19(14)23-18-8-9-21-20(24-18)22-12-4-7-16(28-2)17(10-12)29-3/h4-11H,1-3H3,(H3,21,22,23,24,25,26). The molecular weight excluding hydrogens is 372 g/mol. The fraction of sp³-hybridized carbons (Fsp3) is 0.150. The minimum Gasteiger partial charge on any atom is -0.497 e. The van der Waals surface area contributed by atoms with Crippen LogP contribution < -0.4 is 24.8 Å². The quantitative estimate of drug-likeness (QED) is 0.435. The molecule has 0 atom stereocenters. The Morgan fingerprint density at radius 3 is 2.52 bits per heavy atom. The topological polar surface area (TPSA) is 106 Å². The molecule has 4 rings (SSSR count). The van der Waals surface area contributed by atoms with Crippen molar-refractivity contribution in [3.05, 3.63) is 48.7 Å². The average Bonchev–Trinajstić information content (AvgIpc) is 3.15. The molecule has 4 aromatic rings. The number of aromatic nitrogens is 4. The summed E-state index contributed by atoms with van der Waals surface area (Å²) >= 11 is 0. The molecule has 0 aliphatic heterocycles. The predicted molar refractivity (Wildman–Crippen MR) is 111 cm³/mol. The molecule has 9 nitrogen and oxygen atoms in total. The molecule has 29 heavy (non-hydrogen) atoms. The van der Waals surface area contributed by atoms with Gasteiger partial charge >= 0.3 is 0 Å². The van der Waals surface area contributed by atoms with Gasteiger partial charge < -0.3 is 24.8 Å². The third-order valence-electron chi connectivity index (χ3n) is 4.31. The van der Waals surface area contributed by atoms with Crippen LogP contribution in [0.3, 0.4) is 0 Å². The van der Waals surface area contributed by atoms with Gasteiger partial charge in [-0.3, -0.25) is 5.10 Å². The lowest BCUT2D eigenvalue weighted by Crippen LogP contribution is -2.01. The van der Waals surface area contributed by atoms with Crippen LogP contribution in [-0.2, 0) is 0 Å². The lowest BCUT2D eigenvalue weighted by Gasteiger charge is -2.11. The van der Waals surface area contributed by atoms with Crippen LogP contribution in [-0.4, -0.2) is 41.5 Å². The zero-order valence-electron chi connectivity index (χ0n) is 16.2. The van der Waals surface area contributed by atoms with Gasteiger partial charge in [-0.1, -0.05) is 0 Å². The largest absolute Gasteiger partial charge is 0.497 e. The van der Waals surface area contributed by atoms with Crippen molar-refractivity contribution in [2.24, 2.45) is 0 Å². The van der Waals surface area contributed by atoms with Crippen molar-refractivity contribution in [3.63, 3.8) is 0 Å². The van der Waals surface area contributed by atoms with Gasteiger partial charge in [0.25, 0.3) is 0 Å². The highest BCUT2D eigenvalue weighted by molar-refractivity contribution is 5.92. The number of nitrogens with one attached hydrogen (secondary N) is 3. The second kappa shape index (κ2) is 7.93. The normalized spacial score (nSPS) is 10.6. The first-order valence-electron chi connectivity index (χ1n) is 8.81. The maximum atomic E-state index is 5.33. The molecule has 9 heteroatoms. The molecule has 0 amide bonds. The zero-order valence-corrected chi connectivity index (χ0v) is 16.2. The van der Waals surface area contributed by atoms with Gasteiger partial charge in [0.2, 0.25) is 5.95 Å². The number of hydrogen-bond donors (Lipinski definition) is 3. The number of methoxy groups -OCH3 is 3. The van der Waals surface area contributed by atoms with Crippen molar-refractivity contribution < 1.29 is 14.2 Å². The Balaban J connectivity index is 1.55. The van der Waals surface area contributed by atoms with Gasteiger partial charge in [-0.05, 0) is 30.3 Å². The smallest absolute Gasteiger partial charge is 0.229 e. The molecule has 2 heterocycles. The molecule has 0 bridgehead atoms. The van der Waals surface area contributed by atoms with Crippen LogP contribution in [0.2, 0.25) is 0 Å². The van der Waals surface area contributed by atoms with Crippen LogP contribution in [0.4, 0.5) is 23.3 Å². The van der Waals surface area contributed by atoms with E-state index in [0.29, 0.717) is 29.1 Å². The van der Waals surface area contributed by atoms with Gasteiger partial charge in [0.1, 0.15) is 11.6 Å². The minimum atomic E-state index is 0.434. The first-order chi connectivity index (χ1) is 14.2. The number of ether oxygens (including phenoxy) is 3. The third kappa shape index (κ3) is 3.84. The Morgan fingerprint density at radius 2 is 1.72 bits per heavy atom. The molecule has 3 N–H and O–H groups in total. The highest BCUT2D eigenvalue weighted by atomic mass is 16.5. The molecule has 2 aromatic carbocycles. The molecule has 0 spiro atoms. The summed E-state index contributed by atoms with van der Waals surface area (Å²) in [4.78, 5) is 8.77. The van der Waals surface area contributed by atoms with E-state index in [-0.39, 0.29) is 0 Å². The molecule has 0 aliphatic rings. The molecule has 0 saturated carbocycles. The van der Waals surface area contributed by atoms with Crippen LogP contribution >= 0.6 is 0 Å². The molecular formula is C20H20N6O3. The number of hydrogen-bond acceptors (Lipinski definition) is 8. The Kier molecular flexibility index (Phi) is 5.02. The number of rotatable bonds is 7. The van der Waals surface area contributed by atoms with E-state index in [2.05, 4.69) is 30.8 Å². The lowest BCUT2D eigenvalue weighted by atomic mass is 10.2. The van der Waals surface area contributed by atoms with Crippen LogP contribution in [0, 0.1) is 0 Å². The summed E-state index contributed by atoms with van der Waals surface area (Å²) in [6, 6.07) is 13.0. The van der Waals surface area contributed by atoms with Crippen molar-refractivity contribution in [1.82, 2.24) is 20.2 Å². The molecule has 0 radical (unpaired) electrons. The minimum absolute atomic E-state index is 0.434. The number of aromatic amines is 1. The Labute approximate surface area is 167 Å². The summed E-state index contributed by atoms with van der Waals surface area (Å²) in [5.74, 6) is 3.73. The summed E-state index contributed by atoms with van der Waals surface area (Å²) < 4.78 is 15.8. The van der Waals surface area contributed by atoms with Gasteiger partial charge in [0.15, 0.2) is 17.3 Å². The van der Waals surface area contributed by atoms with Crippen LogP contribution in [0.15, 0.2) is 48.7 Å². The molecule has 0 fully saturated rings. The highest BCUT2D eigenvalue weighted by Gasteiger charge is 2.09. The zero-order chi connectivity index (χ0) is 20.2. The summed E-state index contributed by atoms with van der Waals surface area (Å²) in [7, 11) is 4.81. The Bertz CT molecular complexity index is 1140. The van der Waals surface area contributed by atoms with Crippen molar-refractivity contribution in [2.75, 3.05) is 32.0 Å². The van der Waals surface area contributed by atoms with Gasteiger partial charge in [0, 0.05) is 29.4 Å². The van der Waals surface area contributed by atoms with E-state index in [4.69, 9.17) is 14.2 Å². The van der Waals surface area contributed by atoms with Crippen molar-refractivity contribution >= 4 is 34.2 Å². The number of fused-ring (bicyclic) bond motifs is 1. The van der Waals surface area contributed by atoms with Gasteiger partial charge in [-0.2, -0.15) is 10.1 Å². The molecule has 0 aliphatic carbocycles. The maximum absolute atomic E-state index is 5.33. The second-order valence-corrected chi connectivity index (χ2v) is 6.07. The van der Waals surface area contributed by atoms with Crippen LogP contribution in [0.5, 0.6) is 17.2 Å². The fourth-order valence-electron chi connectivity index (χ4n) is 2.87. The number of nitrogens with zero attached hydrogens (tertiary/aromatic N) is 3. The molecule has 2 aromatic heterocycles. The van der Waals surface area contributed by atoms with Crippen molar-refractivity contribution in [1.29, 1.82) is 0 Å². The summed E-state index contributed by atoms with van der Waals surface area (Å²) in [6.07, 6.45) is 1.66. The van der Waals surface area contributed by atoms with E-state index < -0.39 is 0 Å². The van der Waals surface area contributed by atoms with E-state index in [1.54, 1.807) is 33.6 Å². The first kappa shape index (κ1) is 18.4. The van der Waals surface area contributed by atoms with E-state index >= 15 is 0 Å². The van der Waals surface area contributed by atoms with Gasteiger partial charge in [-0.25, -0.2) is 4.98 Å². The van der Waals surface area contributed by atoms with Crippen molar-refractivity contribution in [2.45, 2.75) is 0 Å². The number of H-pyrrole nitrogens is 1. The SMILES string of the molecule is COc1ccc2c(Nc3ccnc(Nc4ccc(OC)c(OC)c4)n3)n[nH]c2c1. The van der Waals surface area contributed by atoms with E-state index in [1.807, 2.05) is 36.4 Å². The summed E-state index contributed by atoms with van der Waals surface area (Å²) in [5, 5.41) is 14.6. The van der Waals surface area contributed by atoms with E-state index in [1.165, 1.54) is 0 Å². The molecule has 0 saturated heterocycles. The van der Waals surface area contributed by atoms with Crippen LogP contribution in [0.25, 0.3) is 10.9 Å². The van der Waals surface area contributed by atoms with Gasteiger partial charge in [0.05, 0.1) is 26.8 Å². The Hall–Kier alpha value is -4.01. The fourth-order valence-corrected chi connectivity index (χ4v) is 2.87. The third-order valence-corrected chi connectivity index (χ3v) is 4.31. The van der Waals surface area contributed by atoms with Gasteiger partial charge in [-0.15, -0.1) is 0 Å². The predicted octanol–water partition coefficient (Wildman–Crippen LogP) is 3.87. The van der Waals surface area contributed by atoms with Crippen LogP contribution in [0.1, 0.15) is 0 Å². The van der Waals surface area contributed by atoms with E-state index in [0.717, 1.165) is 22.3 Å². The molecule has 0 unspecified atom stereocenters. The maximum Gasteiger partial charge on any atom is 0.229 e.